The average Bonchev–Trinajstić information content (AvgIpc) is 3.21. The van der Waals surface area contributed by atoms with E-state index >= 15 is 0 Å². The highest BCUT2D eigenvalue weighted by Gasteiger charge is 2.25. The Balaban J connectivity index is 1.97. The fraction of sp³-hybridized carbons (Fsp3) is 0.333. The van der Waals surface area contributed by atoms with E-state index in [1.54, 1.807) is 17.9 Å². The molecule has 1 heterocycles. The summed E-state index contributed by atoms with van der Waals surface area (Å²) in [6.45, 7) is 4.33. The van der Waals surface area contributed by atoms with E-state index in [9.17, 15) is 12.8 Å². The predicted octanol–water partition coefficient (Wildman–Crippen LogP) is 3.39. The zero-order chi connectivity index (χ0) is 24.6. The van der Waals surface area contributed by atoms with Crippen LogP contribution in [-0.2, 0) is 33.4 Å². The smallest absolute Gasteiger partial charge is 0.228 e. The molecule has 0 spiro atoms. The van der Waals surface area contributed by atoms with Crippen molar-refractivity contribution in [3.05, 3.63) is 83.4 Å². The van der Waals surface area contributed by atoms with Crippen LogP contribution in [0.25, 0.3) is 0 Å². The lowest BCUT2D eigenvalue weighted by atomic mass is 10.2. The molecule has 3 rings (SSSR count). The second-order valence-electron chi connectivity index (χ2n) is 7.74. The summed E-state index contributed by atoms with van der Waals surface area (Å²) in [7, 11) is -2.18. The molecule has 0 aliphatic heterocycles. The Morgan fingerprint density at radius 1 is 1.15 bits per heavy atom. The Kier molecular flexibility index (Phi) is 9.14. The van der Waals surface area contributed by atoms with Gasteiger partial charge in [0.1, 0.15) is 5.82 Å². The molecular weight excluding hydrogens is 475 g/mol. The number of imidazole rings is 1. The van der Waals surface area contributed by atoms with Crippen LogP contribution in [-0.4, -0.2) is 54.8 Å². The van der Waals surface area contributed by atoms with Crippen molar-refractivity contribution in [2.75, 3.05) is 26.8 Å². The van der Waals surface area contributed by atoms with E-state index in [1.165, 1.54) is 24.3 Å². The van der Waals surface area contributed by atoms with Gasteiger partial charge in [-0.15, -0.1) is 0 Å². The lowest BCUT2D eigenvalue weighted by Crippen LogP contribution is -2.41. The molecular formula is C24H29FN4O3S2. The van der Waals surface area contributed by atoms with Crippen LogP contribution in [0.15, 0.2) is 66.0 Å². The second-order valence-corrected chi connectivity index (χ2v) is 10.0. The highest BCUT2D eigenvalue weighted by atomic mass is 32.2. The quantitative estimate of drug-likeness (QED) is 0.401. The van der Waals surface area contributed by atoms with Gasteiger partial charge in [-0.2, -0.15) is 0 Å². The number of ether oxygens (including phenoxy) is 1. The maximum Gasteiger partial charge on any atom is 0.228 e. The van der Waals surface area contributed by atoms with E-state index in [0.29, 0.717) is 49.2 Å². The van der Waals surface area contributed by atoms with E-state index in [-0.39, 0.29) is 10.9 Å². The number of aromatic nitrogens is 2. The van der Waals surface area contributed by atoms with Crippen molar-refractivity contribution in [2.24, 2.45) is 0 Å². The highest BCUT2D eigenvalue weighted by Crippen LogP contribution is 2.21. The van der Waals surface area contributed by atoms with Crippen LogP contribution in [0.2, 0.25) is 0 Å². The first-order chi connectivity index (χ1) is 16.3. The first-order valence-corrected chi connectivity index (χ1v) is 13.0. The molecule has 0 aliphatic rings. The number of benzene rings is 2. The molecule has 2 aromatic carbocycles. The lowest BCUT2D eigenvalue weighted by Gasteiger charge is -2.26. The summed E-state index contributed by atoms with van der Waals surface area (Å²) in [4.78, 5) is 6.24. The van der Waals surface area contributed by atoms with E-state index in [4.69, 9.17) is 17.0 Å². The number of nitrogens with zero attached hydrogens (tertiary/aromatic N) is 3. The molecule has 0 amide bonds. The Morgan fingerprint density at radius 3 is 2.50 bits per heavy atom. The molecule has 10 heteroatoms. The normalized spacial score (nSPS) is 11.4. The van der Waals surface area contributed by atoms with E-state index < -0.39 is 15.7 Å². The molecule has 0 atom stereocenters. The van der Waals surface area contributed by atoms with Crippen molar-refractivity contribution < 1.29 is 17.5 Å². The van der Waals surface area contributed by atoms with Gasteiger partial charge in [-0.3, -0.25) is 0 Å². The minimum Gasteiger partial charge on any atom is -0.383 e. The van der Waals surface area contributed by atoms with Crippen LogP contribution in [0.3, 0.4) is 0 Å². The van der Waals surface area contributed by atoms with Gasteiger partial charge < -0.3 is 19.5 Å². The third-order valence-corrected chi connectivity index (χ3v) is 7.16. The summed E-state index contributed by atoms with van der Waals surface area (Å²) in [5.41, 5.74) is 2.14. The lowest BCUT2D eigenvalue weighted by molar-refractivity contribution is 0.173. The van der Waals surface area contributed by atoms with Gasteiger partial charge in [0.05, 0.1) is 37.3 Å². The second kappa shape index (κ2) is 12.0. The van der Waals surface area contributed by atoms with Gasteiger partial charge >= 0.3 is 0 Å². The summed E-state index contributed by atoms with van der Waals surface area (Å²) in [6.07, 6.45) is 1.58. The first-order valence-electron chi connectivity index (χ1n) is 10.9. The van der Waals surface area contributed by atoms with Crippen LogP contribution in [0, 0.1) is 5.82 Å². The van der Waals surface area contributed by atoms with Crippen LogP contribution in [0.5, 0.6) is 0 Å². The molecule has 0 saturated carbocycles. The number of rotatable bonds is 11. The highest BCUT2D eigenvalue weighted by molar-refractivity contribution is 7.90. The number of methoxy groups -OCH3 is 1. The van der Waals surface area contributed by atoms with Crippen molar-refractivity contribution in [3.63, 3.8) is 0 Å². The SMILES string of the molecule is CCNC(=S)N(CCOC)Cc1cnc(S(=O)(=O)Cc2ccc(F)cc2)n1Cc1ccccc1. The fourth-order valence-corrected chi connectivity index (χ4v) is 5.27. The number of thiocarbonyl (C=S) groups is 1. The van der Waals surface area contributed by atoms with Gasteiger partial charge in [0.25, 0.3) is 0 Å². The zero-order valence-corrected chi connectivity index (χ0v) is 20.9. The number of halogens is 1. The summed E-state index contributed by atoms with van der Waals surface area (Å²) >= 11 is 5.52. The number of hydrogen-bond acceptors (Lipinski definition) is 5. The van der Waals surface area contributed by atoms with Crippen LogP contribution in [0.4, 0.5) is 4.39 Å². The van der Waals surface area contributed by atoms with Gasteiger partial charge in [-0.05, 0) is 42.4 Å². The van der Waals surface area contributed by atoms with Gasteiger partial charge in [-0.1, -0.05) is 42.5 Å². The monoisotopic (exact) mass is 504 g/mol. The summed E-state index contributed by atoms with van der Waals surface area (Å²) < 4.78 is 46.9. The summed E-state index contributed by atoms with van der Waals surface area (Å²) in [5, 5.41) is 3.67. The molecule has 1 N–H and O–H groups in total. The first kappa shape index (κ1) is 25.8. The van der Waals surface area contributed by atoms with Crippen molar-refractivity contribution in [1.82, 2.24) is 19.8 Å². The van der Waals surface area contributed by atoms with Crippen LogP contribution < -0.4 is 5.32 Å². The Morgan fingerprint density at radius 2 is 1.85 bits per heavy atom. The topological polar surface area (TPSA) is 76.5 Å². The summed E-state index contributed by atoms with van der Waals surface area (Å²) in [5.74, 6) is -0.691. The minimum absolute atomic E-state index is 0.0308. The summed E-state index contributed by atoms with van der Waals surface area (Å²) in [6, 6.07) is 15.0. The van der Waals surface area contributed by atoms with E-state index in [1.807, 2.05) is 42.2 Å². The molecule has 0 fully saturated rings. The molecule has 34 heavy (non-hydrogen) atoms. The van der Waals surface area contributed by atoms with Gasteiger partial charge in [0.15, 0.2) is 5.11 Å². The van der Waals surface area contributed by atoms with Crippen molar-refractivity contribution in [3.8, 4) is 0 Å². The van der Waals surface area contributed by atoms with Crippen molar-refractivity contribution in [1.29, 1.82) is 0 Å². The van der Waals surface area contributed by atoms with E-state index in [2.05, 4.69) is 10.3 Å². The van der Waals surface area contributed by atoms with Gasteiger partial charge in [0.2, 0.25) is 15.0 Å². The molecule has 0 unspecified atom stereocenters. The Hall–Kier alpha value is -2.82. The number of nitrogens with one attached hydrogen (secondary N) is 1. The zero-order valence-electron chi connectivity index (χ0n) is 19.3. The maximum atomic E-state index is 13.4. The third-order valence-electron chi connectivity index (χ3n) is 5.17. The predicted molar refractivity (Wildman–Crippen MR) is 134 cm³/mol. The minimum atomic E-state index is -3.80. The van der Waals surface area contributed by atoms with Crippen molar-refractivity contribution >= 4 is 27.2 Å². The molecule has 1 aromatic heterocycles. The van der Waals surface area contributed by atoms with E-state index in [0.717, 1.165) is 5.56 Å². The third kappa shape index (κ3) is 6.85. The molecule has 3 aromatic rings. The molecule has 0 radical (unpaired) electrons. The molecule has 0 aliphatic carbocycles. The largest absolute Gasteiger partial charge is 0.383 e. The average molecular weight is 505 g/mol. The fourth-order valence-electron chi connectivity index (χ4n) is 3.48. The molecule has 0 saturated heterocycles. The molecule has 0 bridgehead atoms. The number of hydrogen-bond donors (Lipinski definition) is 1. The standard InChI is InChI=1S/C24H29FN4O3S2/c1-3-26-23(33)28(13-14-32-2)17-22-15-27-24(29(22)16-19-7-5-4-6-8-19)34(30,31)18-20-9-11-21(25)12-10-20/h4-12,15H,3,13-14,16-18H2,1-2H3,(H,26,33). The Bertz CT molecular complexity index is 1180. The molecule has 7 nitrogen and oxygen atoms in total. The Labute approximate surface area is 205 Å². The maximum absolute atomic E-state index is 13.4. The van der Waals surface area contributed by atoms with Gasteiger partial charge in [-0.25, -0.2) is 17.8 Å². The molecule has 182 valence electrons. The van der Waals surface area contributed by atoms with Crippen LogP contribution in [0.1, 0.15) is 23.7 Å². The van der Waals surface area contributed by atoms with Crippen molar-refractivity contribution in [2.45, 2.75) is 30.9 Å². The van der Waals surface area contributed by atoms with Crippen LogP contribution >= 0.6 is 12.2 Å². The number of sulfone groups is 1. The van der Waals surface area contributed by atoms with Gasteiger partial charge in [0, 0.05) is 20.2 Å².